The van der Waals surface area contributed by atoms with Gasteiger partial charge in [0.25, 0.3) is 0 Å². The van der Waals surface area contributed by atoms with Gasteiger partial charge in [-0.1, -0.05) is 42.5 Å². The molecule has 1 fully saturated rings. The van der Waals surface area contributed by atoms with Crippen molar-refractivity contribution in [1.29, 1.82) is 0 Å². The van der Waals surface area contributed by atoms with E-state index in [9.17, 15) is 14.4 Å². The number of rotatable bonds is 4. The van der Waals surface area contributed by atoms with Crippen LogP contribution in [0, 0.1) is 0 Å². The molecule has 0 aliphatic carbocycles. The number of fused-ring (bicyclic) bond motifs is 1. The molecule has 0 N–H and O–H groups in total. The summed E-state index contributed by atoms with van der Waals surface area (Å²) in [7, 11) is 0. The first-order valence-electron chi connectivity index (χ1n) is 9.66. The van der Waals surface area contributed by atoms with Gasteiger partial charge in [0.15, 0.2) is 0 Å². The number of hydrogen-bond donors (Lipinski definition) is 0. The van der Waals surface area contributed by atoms with Gasteiger partial charge < -0.3 is 9.53 Å². The molecule has 5 nitrogen and oxygen atoms in total. The molecule has 2 aromatic carbocycles. The molecule has 5 heteroatoms. The minimum atomic E-state index is -0.882. The molecule has 0 saturated carbocycles. The maximum absolute atomic E-state index is 13.4. The lowest BCUT2D eigenvalue weighted by Gasteiger charge is -2.29. The van der Waals surface area contributed by atoms with Gasteiger partial charge >= 0.3 is 6.09 Å². The van der Waals surface area contributed by atoms with E-state index in [1.54, 1.807) is 20.8 Å². The lowest BCUT2D eigenvalue weighted by molar-refractivity contribution is -0.132. The van der Waals surface area contributed by atoms with Crippen LogP contribution in [0.2, 0.25) is 0 Å². The van der Waals surface area contributed by atoms with Crippen molar-refractivity contribution < 1.29 is 19.1 Å². The molecular formula is C23H27NO4. The number of carbonyl (C=O) groups is 3. The van der Waals surface area contributed by atoms with E-state index in [0.29, 0.717) is 25.8 Å². The van der Waals surface area contributed by atoms with Crippen LogP contribution in [0.5, 0.6) is 0 Å². The number of benzene rings is 2. The molecule has 28 heavy (non-hydrogen) atoms. The minimum Gasteiger partial charge on any atom is -0.443 e. The maximum atomic E-state index is 13.4. The summed E-state index contributed by atoms with van der Waals surface area (Å²) < 4.78 is 5.42. The Balaban J connectivity index is 1.99. The Morgan fingerprint density at radius 2 is 1.79 bits per heavy atom. The Kier molecular flexibility index (Phi) is 5.28. The highest BCUT2D eigenvalue weighted by atomic mass is 16.6. The third-order valence-corrected chi connectivity index (χ3v) is 5.24. The standard InChI is InChI=1S/C23H27NO4/c1-16(25)11-12-23(19-10-9-17-7-5-6-8-18(17)15-19)13-14-24(20(23)26)21(27)28-22(2,3)4/h5-10,15H,11-14H2,1-4H3/t23-/m1/s1. The molecule has 1 saturated heterocycles. The summed E-state index contributed by atoms with van der Waals surface area (Å²) in [5, 5.41) is 2.12. The lowest BCUT2D eigenvalue weighted by atomic mass is 9.74. The molecule has 2 amide bonds. The lowest BCUT2D eigenvalue weighted by Crippen LogP contribution is -2.43. The van der Waals surface area contributed by atoms with Crippen LogP contribution in [0.25, 0.3) is 10.8 Å². The van der Waals surface area contributed by atoms with Crippen molar-refractivity contribution in [1.82, 2.24) is 4.90 Å². The molecule has 0 spiro atoms. The fourth-order valence-electron chi connectivity index (χ4n) is 3.78. The summed E-state index contributed by atoms with van der Waals surface area (Å²) >= 11 is 0. The molecule has 1 atom stereocenters. The number of hydrogen-bond acceptors (Lipinski definition) is 4. The van der Waals surface area contributed by atoms with Crippen molar-refractivity contribution in [2.75, 3.05) is 6.54 Å². The number of amides is 2. The van der Waals surface area contributed by atoms with Gasteiger partial charge in [-0.2, -0.15) is 0 Å². The van der Waals surface area contributed by atoms with Gasteiger partial charge in [-0.05, 0) is 56.9 Å². The van der Waals surface area contributed by atoms with Crippen LogP contribution in [0.1, 0.15) is 52.5 Å². The molecule has 1 aliphatic rings. The van der Waals surface area contributed by atoms with Gasteiger partial charge in [0, 0.05) is 13.0 Å². The van der Waals surface area contributed by atoms with Crippen molar-refractivity contribution in [2.24, 2.45) is 0 Å². The topological polar surface area (TPSA) is 63.7 Å². The first-order chi connectivity index (χ1) is 13.1. The summed E-state index contributed by atoms with van der Waals surface area (Å²) in [6.45, 7) is 7.14. The number of likely N-dealkylation sites (tertiary alicyclic amines) is 1. The zero-order chi connectivity index (χ0) is 20.5. The summed E-state index contributed by atoms with van der Waals surface area (Å²) in [6, 6.07) is 13.9. The van der Waals surface area contributed by atoms with Crippen LogP contribution in [0.3, 0.4) is 0 Å². The van der Waals surface area contributed by atoms with Gasteiger partial charge in [0.05, 0.1) is 5.41 Å². The van der Waals surface area contributed by atoms with Crippen LogP contribution < -0.4 is 0 Å². The summed E-state index contributed by atoms with van der Waals surface area (Å²) in [6.07, 6.45) is 0.541. The predicted molar refractivity (Wildman–Crippen MR) is 108 cm³/mol. The van der Waals surface area contributed by atoms with Gasteiger partial charge in [-0.3, -0.25) is 4.79 Å². The Morgan fingerprint density at radius 3 is 2.43 bits per heavy atom. The van der Waals surface area contributed by atoms with Crippen LogP contribution >= 0.6 is 0 Å². The number of ether oxygens (including phenoxy) is 1. The van der Waals surface area contributed by atoms with Gasteiger partial charge in [-0.15, -0.1) is 0 Å². The number of Topliss-reactive ketones (excluding diaryl/α,β-unsaturated/α-hetero) is 1. The molecule has 0 aromatic heterocycles. The first-order valence-corrected chi connectivity index (χ1v) is 9.66. The van der Waals surface area contributed by atoms with Gasteiger partial charge in [-0.25, -0.2) is 9.69 Å². The zero-order valence-corrected chi connectivity index (χ0v) is 17.0. The average Bonchev–Trinajstić information content (AvgIpc) is 2.96. The molecule has 148 valence electrons. The average molecular weight is 381 g/mol. The fourth-order valence-corrected chi connectivity index (χ4v) is 3.78. The second-order valence-corrected chi connectivity index (χ2v) is 8.53. The Bertz CT molecular complexity index is 928. The summed E-state index contributed by atoms with van der Waals surface area (Å²) in [5.41, 5.74) is -0.708. The molecular weight excluding hydrogens is 354 g/mol. The molecule has 3 rings (SSSR count). The molecule has 2 aromatic rings. The number of ketones is 1. The van der Waals surface area contributed by atoms with Crippen LogP contribution in [-0.4, -0.2) is 34.8 Å². The zero-order valence-electron chi connectivity index (χ0n) is 17.0. The smallest absolute Gasteiger partial charge is 0.417 e. The van der Waals surface area contributed by atoms with Gasteiger partial charge in [0.1, 0.15) is 11.4 Å². The van der Waals surface area contributed by atoms with E-state index in [1.807, 2.05) is 42.5 Å². The third kappa shape index (κ3) is 3.93. The monoisotopic (exact) mass is 381 g/mol. The van der Waals surface area contributed by atoms with Crippen LogP contribution in [0.4, 0.5) is 4.79 Å². The molecule has 0 unspecified atom stereocenters. The van der Waals surface area contributed by atoms with Crippen molar-refractivity contribution in [3.63, 3.8) is 0 Å². The Morgan fingerprint density at radius 1 is 1.11 bits per heavy atom. The molecule has 0 bridgehead atoms. The number of imide groups is 1. The number of carbonyl (C=O) groups excluding carboxylic acids is 3. The highest BCUT2D eigenvalue weighted by molar-refractivity contribution is 6.01. The second-order valence-electron chi connectivity index (χ2n) is 8.53. The van der Waals surface area contributed by atoms with E-state index in [0.717, 1.165) is 16.3 Å². The predicted octanol–water partition coefficient (Wildman–Crippen LogP) is 4.61. The van der Waals surface area contributed by atoms with E-state index in [1.165, 1.54) is 11.8 Å². The van der Waals surface area contributed by atoms with E-state index in [2.05, 4.69) is 0 Å². The highest BCUT2D eigenvalue weighted by Crippen LogP contribution is 2.41. The maximum Gasteiger partial charge on any atom is 0.417 e. The molecule has 0 radical (unpaired) electrons. The summed E-state index contributed by atoms with van der Waals surface area (Å²) in [4.78, 5) is 38.8. The van der Waals surface area contributed by atoms with Crippen molar-refractivity contribution >= 4 is 28.6 Å². The Labute approximate surface area is 165 Å². The Hall–Kier alpha value is -2.69. The largest absolute Gasteiger partial charge is 0.443 e. The molecule has 1 aliphatic heterocycles. The second kappa shape index (κ2) is 7.38. The van der Waals surface area contributed by atoms with E-state index in [-0.39, 0.29) is 11.7 Å². The van der Waals surface area contributed by atoms with Crippen LogP contribution in [0.15, 0.2) is 42.5 Å². The van der Waals surface area contributed by atoms with E-state index in [4.69, 9.17) is 4.74 Å². The minimum absolute atomic E-state index is 0.0312. The van der Waals surface area contributed by atoms with Crippen molar-refractivity contribution in [3.05, 3.63) is 48.0 Å². The van der Waals surface area contributed by atoms with E-state index >= 15 is 0 Å². The normalized spacial score (nSPS) is 19.9. The highest BCUT2D eigenvalue weighted by Gasteiger charge is 2.50. The SMILES string of the molecule is CC(=O)CC[C@]1(c2ccc3ccccc3c2)CCN(C(=O)OC(C)(C)C)C1=O. The van der Waals surface area contributed by atoms with Crippen LogP contribution in [-0.2, 0) is 19.7 Å². The number of nitrogens with zero attached hydrogens (tertiary/aromatic N) is 1. The summed E-state index contributed by atoms with van der Waals surface area (Å²) in [5.74, 6) is -0.248. The first kappa shape index (κ1) is 20.1. The van der Waals surface area contributed by atoms with E-state index < -0.39 is 17.1 Å². The fraction of sp³-hybridized carbons (Fsp3) is 0.435. The van der Waals surface area contributed by atoms with Crippen molar-refractivity contribution in [3.8, 4) is 0 Å². The van der Waals surface area contributed by atoms with Gasteiger partial charge in [0.2, 0.25) is 5.91 Å². The third-order valence-electron chi connectivity index (χ3n) is 5.24. The van der Waals surface area contributed by atoms with Crippen molar-refractivity contribution in [2.45, 2.75) is 58.0 Å². The molecule has 1 heterocycles. The quantitative estimate of drug-likeness (QED) is 0.775.